The molecule has 21 heavy (non-hydrogen) atoms. The van der Waals surface area contributed by atoms with Crippen LogP contribution in [-0.4, -0.2) is 29.3 Å². The van der Waals surface area contributed by atoms with Gasteiger partial charge in [-0.3, -0.25) is 4.79 Å². The maximum absolute atomic E-state index is 11.0. The van der Waals surface area contributed by atoms with Gasteiger partial charge in [0.25, 0.3) is 5.91 Å². The van der Waals surface area contributed by atoms with Crippen molar-refractivity contribution in [3.05, 3.63) is 24.3 Å². The molecule has 0 aliphatic heterocycles. The molecule has 1 aromatic rings. The van der Waals surface area contributed by atoms with Gasteiger partial charge >= 0.3 is 0 Å². The number of primary amides is 1. The van der Waals surface area contributed by atoms with E-state index in [4.69, 9.17) is 15.2 Å². The molecule has 0 radical (unpaired) electrons. The molecule has 1 aliphatic carbocycles. The minimum atomic E-state index is -0.727. The highest BCUT2D eigenvalue weighted by Gasteiger charge is 2.30. The predicted molar refractivity (Wildman–Crippen MR) is 79.3 cm³/mol. The van der Waals surface area contributed by atoms with E-state index in [9.17, 15) is 9.90 Å². The number of aliphatic hydroxyl groups is 1. The number of rotatable bonds is 6. The molecule has 1 atom stereocenters. The number of amides is 1. The summed E-state index contributed by atoms with van der Waals surface area (Å²) in [6, 6.07) is 7.02. The number of carbonyl (C=O) groups is 1. The minimum absolute atomic E-state index is 0.280. The molecule has 0 aromatic heterocycles. The Labute approximate surface area is 125 Å². The lowest BCUT2D eigenvalue weighted by atomic mass is 9.85. The maximum atomic E-state index is 11.0. The molecule has 0 heterocycles. The van der Waals surface area contributed by atoms with Crippen LogP contribution in [0.2, 0.25) is 0 Å². The fourth-order valence-corrected chi connectivity index (χ4v) is 2.47. The van der Waals surface area contributed by atoms with Crippen molar-refractivity contribution in [2.24, 2.45) is 5.73 Å². The number of hydrogen-bond donors (Lipinski definition) is 2. The molecule has 0 spiro atoms. The fourth-order valence-electron chi connectivity index (χ4n) is 2.47. The van der Waals surface area contributed by atoms with Crippen LogP contribution in [-0.2, 0) is 4.79 Å². The van der Waals surface area contributed by atoms with E-state index in [1.54, 1.807) is 31.2 Å². The first-order valence-corrected chi connectivity index (χ1v) is 7.40. The molecule has 1 fully saturated rings. The highest BCUT2D eigenvalue weighted by molar-refractivity contribution is 5.78. The fraction of sp³-hybridized carbons (Fsp3) is 0.562. The van der Waals surface area contributed by atoms with Crippen LogP contribution >= 0.6 is 0 Å². The second-order valence-corrected chi connectivity index (χ2v) is 5.71. The Hall–Kier alpha value is -1.75. The first kappa shape index (κ1) is 15.6. The Morgan fingerprint density at radius 3 is 2.67 bits per heavy atom. The van der Waals surface area contributed by atoms with E-state index >= 15 is 0 Å². The Kier molecular flexibility index (Phi) is 5.07. The van der Waals surface area contributed by atoms with Crippen molar-refractivity contribution < 1.29 is 19.4 Å². The van der Waals surface area contributed by atoms with Gasteiger partial charge in [-0.15, -0.1) is 0 Å². The van der Waals surface area contributed by atoms with Gasteiger partial charge in [-0.2, -0.15) is 0 Å². The van der Waals surface area contributed by atoms with E-state index in [1.165, 1.54) is 6.42 Å². The monoisotopic (exact) mass is 293 g/mol. The largest absolute Gasteiger partial charge is 0.490 e. The van der Waals surface area contributed by atoms with Crippen molar-refractivity contribution in [3.8, 4) is 11.5 Å². The van der Waals surface area contributed by atoms with Crippen LogP contribution in [0.25, 0.3) is 0 Å². The summed E-state index contributed by atoms with van der Waals surface area (Å²) in [5, 5.41) is 10.4. The van der Waals surface area contributed by atoms with Crippen LogP contribution in [0.4, 0.5) is 0 Å². The Balaban J connectivity index is 1.93. The lowest BCUT2D eigenvalue weighted by Crippen LogP contribution is -2.37. The van der Waals surface area contributed by atoms with Gasteiger partial charge in [-0.1, -0.05) is 25.3 Å². The molecule has 1 amide bonds. The molecule has 5 heteroatoms. The highest BCUT2D eigenvalue weighted by Crippen LogP contribution is 2.29. The van der Waals surface area contributed by atoms with Gasteiger partial charge in [-0.25, -0.2) is 0 Å². The summed E-state index contributed by atoms with van der Waals surface area (Å²) in [5.74, 6) is 0.621. The van der Waals surface area contributed by atoms with Crippen LogP contribution in [0.5, 0.6) is 11.5 Å². The van der Waals surface area contributed by atoms with E-state index in [1.807, 2.05) is 0 Å². The van der Waals surface area contributed by atoms with Crippen LogP contribution in [0.1, 0.15) is 39.0 Å². The highest BCUT2D eigenvalue weighted by atomic mass is 16.5. The summed E-state index contributed by atoms with van der Waals surface area (Å²) in [6.45, 7) is 1.88. The van der Waals surface area contributed by atoms with Gasteiger partial charge in [0.05, 0.1) is 5.60 Å². The van der Waals surface area contributed by atoms with Crippen molar-refractivity contribution in [2.45, 2.75) is 50.7 Å². The topological polar surface area (TPSA) is 81.8 Å². The standard InChI is InChI=1S/C16H23NO4/c1-12(15(17)18)21-14-7-5-6-13(10-14)20-11-16(19)8-3-2-4-9-16/h5-7,10,12,19H,2-4,8-9,11H2,1H3,(H2,17,18). The summed E-state index contributed by atoms with van der Waals surface area (Å²) in [7, 11) is 0. The second kappa shape index (κ2) is 6.80. The average molecular weight is 293 g/mol. The molecule has 3 N–H and O–H groups in total. The van der Waals surface area contributed by atoms with Crippen LogP contribution in [0.3, 0.4) is 0 Å². The number of carbonyl (C=O) groups excluding carboxylic acids is 1. The number of ether oxygens (including phenoxy) is 2. The average Bonchev–Trinajstić information content (AvgIpc) is 2.46. The molecule has 1 aliphatic rings. The summed E-state index contributed by atoms with van der Waals surface area (Å²) in [6.07, 6.45) is 4.13. The van der Waals surface area contributed by atoms with Crippen LogP contribution in [0.15, 0.2) is 24.3 Å². The van der Waals surface area contributed by atoms with E-state index < -0.39 is 17.6 Å². The molecule has 116 valence electrons. The van der Waals surface area contributed by atoms with Gasteiger partial charge in [0.1, 0.15) is 18.1 Å². The normalized spacial score (nSPS) is 18.8. The van der Waals surface area contributed by atoms with Gasteiger partial charge in [0, 0.05) is 6.07 Å². The molecule has 5 nitrogen and oxygen atoms in total. The molecular formula is C16H23NO4. The summed E-state index contributed by atoms with van der Waals surface area (Å²) in [4.78, 5) is 11.0. The molecule has 1 aromatic carbocycles. The molecule has 1 saturated carbocycles. The first-order chi connectivity index (χ1) is 9.98. The van der Waals surface area contributed by atoms with Gasteiger partial charge in [0.15, 0.2) is 6.10 Å². The summed E-state index contributed by atoms with van der Waals surface area (Å²) in [5.41, 5.74) is 4.44. The quantitative estimate of drug-likeness (QED) is 0.840. The Bertz CT molecular complexity index is 483. The van der Waals surface area contributed by atoms with Gasteiger partial charge in [-0.05, 0) is 31.9 Å². The number of nitrogens with two attached hydrogens (primary N) is 1. The van der Waals surface area contributed by atoms with Gasteiger partial charge < -0.3 is 20.3 Å². The summed E-state index contributed by atoms with van der Waals surface area (Å²) >= 11 is 0. The van der Waals surface area contributed by atoms with Crippen LogP contribution in [0, 0.1) is 0 Å². The SMILES string of the molecule is CC(Oc1cccc(OCC2(O)CCCCC2)c1)C(N)=O. The summed E-state index contributed by atoms with van der Waals surface area (Å²) < 4.78 is 11.1. The molecule has 0 saturated heterocycles. The van der Waals surface area contributed by atoms with Gasteiger partial charge in [0.2, 0.25) is 0 Å². The molecular weight excluding hydrogens is 270 g/mol. The van der Waals surface area contributed by atoms with E-state index in [0.717, 1.165) is 25.7 Å². The Morgan fingerprint density at radius 1 is 1.33 bits per heavy atom. The zero-order valence-electron chi connectivity index (χ0n) is 12.4. The lowest BCUT2D eigenvalue weighted by Gasteiger charge is -2.31. The third-order valence-corrected chi connectivity index (χ3v) is 3.81. The Morgan fingerprint density at radius 2 is 2.00 bits per heavy atom. The molecule has 1 unspecified atom stereocenters. The zero-order valence-corrected chi connectivity index (χ0v) is 12.4. The first-order valence-electron chi connectivity index (χ1n) is 7.40. The van der Waals surface area contributed by atoms with Crippen LogP contribution < -0.4 is 15.2 Å². The zero-order chi connectivity index (χ0) is 15.3. The van der Waals surface area contributed by atoms with Crippen molar-refractivity contribution in [3.63, 3.8) is 0 Å². The number of benzene rings is 1. The second-order valence-electron chi connectivity index (χ2n) is 5.71. The van der Waals surface area contributed by atoms with Crippen molar-refractivity contribution >= 4 is 5.91 Å². The smallest absolute Gasteiger partial charge is 0.258 e. The lowest BCUT2D eigenvalue weighted by molar-refractivity contribution is -0.123. The maximum Gasteiger partial charge on any atom is 0.258 e. The predicted octanol–water partition coefficient (Wildman–Crippen LogP) is 2.01. The molecule has 0 bridgehead atoms. The number of hydrogen-bond acceptors (Lipinski definition) is 4. The third-order valence-electron chi connectivity index (χ3n) is 3.81. The minimum Gasteiger partial charge on any atom is -0.490 e. The van der Waals surface area contributed by atoms with E-state index in [-0.39, 0.29) is 6.61 Å². The molecule has 2 rings (SSSR count). The van der Waals surface area contributed by atoms with E-state index in [2.05, 4.69) is 0 Å². The van der Waals surface area contributed by atoms with E-state index in [0.29, 0.717) is 11.5 Å². The van der Waals surface area contributed by atoms with Crippen molar-refractivity contribution in [2.75, 3.05) is 6.61 Å². The third kappa shape index (κ3) is 4.63. The van der Waals surface area contributed by atoms with Crippen molar-refractivity contribution in [1.82, 2.24) is 0 Å². The van der Waals surface area contributed by atoms with Crippen molar-refractivity contribution in [1.29, 1.82) is 0 Å².